The second-order valence-electron chi connectivity index (χ2n) is 7.50. The average molecular weight is 389 g/mol. The first-order valence-corrected chi connectivity index (χ1v) is 9.82. The van der Waals surface area contributed by atoms with E-state index in [1.807, 2.05) is 48.5 Å². The normalized spacial score (nSPS) is 16.7. The van der Waals surface area contributed by atoms with Crippen molar-refractivity contribution in [3.05, 3.63) is 77.5 Å². The van der Waals surface area contributed by atoms with E-state index in [-0.39, 0.29) is 5.91 Å². The zero-order chi connectivity index (χ0) is 20.6. The van der Waals surface area contributed by atoms with Crippen LogP contribution in [0.4, 0.5) is 5.69 Å². The van der Waals surface area contributed by atoms with Gasteiger partial charge in [-0.05, 0) is 56.4 Å². The number of hydrogen-bond acceptors (Lipinski definition) is 4. The van der Waals surface area contributed by atoms with Crippen molar-refractivity contribution in [1.29, 1.82) is 0 Å². The first kappa shape index (κ1) is 20.7. The smallest absolute Gasteiger partial charge is 0.255 e. The number of hydrogen-bond donors (Lipinski definition) is 2. The highest BCUT2D eigenvalue weighted by atomic mass is 16.1. The van der Waals surface area contributed by atoms with Crippen molar-refractivity contribution in [2.75, 3.05) is 32.5 Å². The molecule has 3 rings (SSSR count). The molecule has 5 nitrogen and oxygen atoms in total. The highest BCUT2D eigenvalue weighted by molar-refractivity contribution is 6.04. The number of likely N-dealkylation sites (N-methyl/N-ethyl adjacent to an activating group) is 1. The van der Waals surface area contributed by atoms with Crippen molar-refractivity contribution in [3.8, 4) is 11.8 Å². The fraction of sp³-hybridized carbons (Fsp3) is 0.292. The lowest BCUT2D eigenvalue weighted by atomic mass is 10.1. The number of anilines is 1. The van der Waals surface area contributed by atoms with Crippen LogP contribution in [0.2, 0.25) is 0 Å². The summed E-state index contributed by atoms with van der Waals surface area (Å²) in [5.74, 6) is 5.68. The van der Waals surface area contributed by atoms with Crippen molar-refractivity contribution in [2.24, 2.45) is 5.73 Å². The number of nitrogens with zero attached hydrogens (tertiary/aromatic N) is 2. The zero-order valence-corrected chi connectivity index (χ0v) is 17.1. The van der Waals surface area contributed by atoms with E-state index in [1.54, 1.807) is 6.08 Å². The van der Waals surface area contributed by atoms with Crippen molar-refractivity contribution in [2.45, 2.75) is 19.0 Å². The van der Waals surface area contributed by atoms with Crippen LogP contribution < -0.4 is 11.1 Å². The third-order valence-corrected chi connectivity index (χ3v) is 5.12. The summed E-state index contributed by atoms with van der Waals surface area (Å²) in [4.78, 5) is 17.3. The number of amides is 1. The van der Waals surface area contributed by atoms with Gasteiger partial charge in [-0.1, -0.05) is 30.0 Å². The van der Waals surface area contributed by atoms with Gasteiger partial charge in [0, 0.05) is 54.8 Å². The lowest BCUT2D eigenvalue weighted by Crippen LogP contribution is -2.31. The molecule has 0 bridgehead atoms. The van der Waals surface area contributed by atoms with Gasteiger partial charge in [-0.15, -0.1) is 0 Å². The molecule has 0 aromatic heterocycles. The Hall–Kier alpha value is -3.07. The Morgan fingerprint density at radius 2 is 2.07 bits per heavy atom. The second kappa shape index (κ2) is 9.92. The molecule has 1 aliphatic heterocycles. The Bertz CT molecular complexity index is 922. The number of rotatable bonds is 5. The van der Waals surface area contributed by atoms with Crippen molar-refractivity contribution < 1.29 is 4.79 Å². The minimum atomic E-state index is -0.127. The maximum Gasteiger partial charge on any atom is 0.255 e. The number of nitrogens with two attached hydrogens (primary N) is 1. The van der Waals surface area contributed by atoms with Crippen molar-refractivity contribution in [3.63, 3.8) is 0 Å². The molecule has 1 fully saturated rings. The van der Waals surface area contributed by atoms with Crippen LogP contribution in [0, 0.1) is 11.8 Å². The monoisotopic (exact) mass is 388 g/mol. The average Bonchev–Trinajstić information content (AvgIpc) is 3.18. The van der Waals surface area contributed by atoms with E-state index in [0.29, 0.717) is 11.6 Å². The Balaban J connectivity index is 1.58. The topological polar surface area (TPSA) is 61.6 Å². The zero-order valence-electron chi connectivity index (χ0n) is 17.1. The number of carbonyl (C=O) groups is 1. The molecule has 1 atom stereocenters. The summed E-state index contributed by atoms with van der Waals surface area (Å²) in [7, 11) is 4.28. The molecular weight excluding hydrogens is 360 g/mol. The summed E-state index contributed by atoms with van der Waals surface area (Å²) in [6.45, 7) is 3.13. The van der Waals surface area contributed by atoms with Crippen LogP contribution >= 0.6 is 0 Å². The van der Waals surface area contributed by atoms with Gasteiger partial charge in [0.2, 0.25) is 0 Å². The standard InChI is InChI=1S/C24H28N4O/c1-27(2)23-13-15-28(18-23)17-20-9-11-21(12-10-20)24(29)26-22-8-5-7-19(16-22)6-3-4-14-25/h4-5,7-12,14,16,23H,13,15,17-18,25H2,1-2H3,(H,26,29)/b14-4+/t23-/m1/s1. The molecule has 0 saturated carbocycles. The lowest BCUT2D eigenvalue weighted by molar-refractivity contribution is 0.102. The van der Waals surface area contributed by atoms with Crippen LogP contribution in [-0.4, -0.2) is 48.9 Å². The lowest BCUT2D eigenvalue weighted by Gasteiger charge is -2.20. The summed E-state index contributed by atoms with van der Waals surface area (Å²) in [6.07, 6.45) is 4.18. The van der Waals surface area contributed by atoms with Gasteiger partial charge in [0.25, 0.3) is 5.91 Å². The highest BCUT2D eigenvalue weighted by Crippen LogP contribution is 2.17. The van der Waals surface area contributed by atoms with E-state index < -0.39 is 0 Å². The van der Waals surface area contributed by atoms with Gasteiger partial charge in [0.1, 0.15) is 0 Å². The SMILES string of the molecule is CN(C)[C@@H]1CCN(Cc2ccc(C(=O)Nc3cccc(C#C/C=C/N)c3)cc2)C1. The van der Waals surface area contributed by atoms with Crippen LogP contribution in [0.25, 0.3) is 0 Å². The Labute approximate surface area is 173 Å². The molecule has 0 radical (unpaired) electrons. The Morgan fingerprint density at radius 3 is 2.76 bits per heavy atom. The third-order valence-electron chi connectivity index (χ3n) is 5.12. The minimum absolute atomic E-state index is 0.127. The summed E-state index contributed by atoms with van der Waals surface area (Å²) >= 11 is 0. The molecule has 2 aromatic carbocycles. The van der Waals surface area contributed by atoms with Gasteiger partial charge in [-0.2, -0.15) is 0 Å². The maximum absolute atomic E-state index is 12.6. The molecule has 150 valence electrons. The maximum atomic E-state index is 12.6. The molecule has 1 saturated heterocycles. The number of benzene rings is 2. The van der Waals surface area contributed by atoms with Crippen LogP contribution in [0.1, 0.15) is 27.9 Å². The van der Waals surface area contributed by atoms with Crippen LogP contribution in [0.3, 0.4) is 0 Å². The van der Waals surface area contributed by atoms with Crippen molar-refractivity contribution >= 4 is 11.6 Å². The number of nitrogens with one attached hydrogen (secondary N) is 1. The number of likely N-dealkylation sites (tertiary alicyclic amines) is 1. The summed E-state index contributed by atoms with van der Waals surface area (Å²) < 4.78 is 0. The van der Waals surface area contributed by atoms with Gasteiger partial charge in [0.15, 0.2) is 0 Å². The molecule has 1 heterocycles. The molecule has 1 aliphatic rings. The highest BCUT2D eigenvalue weighted by Gasteiger charge is 2.23. The molecule has 29 heavy (non-hydrogen) atoms. The quantitative estimate of drug-likeness (QED) is 0.774. The van der Waals surface area contributed by atoms with Gasteiger partial charge < -0.3 is 16.0 Å². The molecule has 0 spiro atoms. The van der Waals surface area contributed by atoms with E-state index >= 15 is 0 Å². The Morgan fingerprint density at radius 1 is 1.28 bits per heavy atom. The number of carbonyl (C=O) groups excluding carboxylic acids is 1. The van der Waals surface area contributed by atoms with Gasteiger partial charge in [0.05, 0.1) is 0 Å². The van der Waals surface area contributed by atoms with Crippen molar-refractivity contribution in [1.82, 2.24) is 9.80 Å². The summed E-state index contributed by atoms with van der Waals surface area (Å²) in [5.41, 5.74) is 8.69. The van der Waals surface area contributed by atoms with Crippen LogP contribution in [0.15, 0.2) is 60.8 Å². The molecule has 3 N–H and O–H groups in total. The van der Waals surface area contributed by atoms with E-state index in [0.717, 1.165) is 30.9 Å². The summed E-state index contributed by atoms with van der Waals surface area (Å²) in [6, 6.07) is 15.9. The predicted octanol–water partition coefficient (Wildman–Crippen LogP) is 2.90. The van der Waals surface area contributed by atoms with Gasteiger partial charge in [-0.3, -0.25) is 9.69 Å². The first-order valence-electron chi connectivity index (χ1n) is 9.82. The van der Waals surface area contributed by atoms with E-state index in [1.165, 1.54) is 18.2 Å². The van der Waals surface area contributed by atoms with E-state index in [2.05, 4.69) is 41.1 Å². The van der Waals surface area contributed by atoms with Crippen LogP contribution in [0.5, 0.6) is 0 Å². The predicted molar refractivity (Wildman–Crippen MR) is 118 cm³/mol. The molecule has 0 unspecified atom stereocenters. The second-order valence-corrected chi connectivity index (χ2v) is 7.50. The fourth-order valence-corrected chi connectivity index (χ4v) is 3.45. The van der Waals surface area contributed by atoms with E-state index in [4.69, 9.17) is 5.73 Å². The summed E-state index contributed by atoms with van der Waals surface area (Å²) in [5, 5.41) is 2.93. The molecule has 1 amide bonds. The molecular formula is C24H28N4O. The molecule has 2 aromatic rings. The van der Waals surface area contributed by atoms with Crippen LogP contribution in [-0.2, 0) is 6.54 Å². The largest absolute Gasteiger partial charge is 0.404 e. The van der Waals surface area contributed by atoms with Gasteiger partial charge in [-0.25, -0.2) is 0 Å². The fourth-order valence-electron chi connectivity index (χ4n) is 3.45. The Kier molecular flexibility index (Phi) is 7.07. The third kappa shape index (κ3) is 5.95. The molecule has 5 heteroatoms. The number of allylic oxidation sites excluding steroid dienone is 1. The van der Waals surface area contributed by atoms with E-state index in [9.17, 15) is 4.79 Å². The molecule has 0 aliphatic carbocycles. The first-order chi connectivity index (χ1) is 14.0. The minimum Gasteiger partial charge on any atom is -0.404 e. The van der Waals surface area contributed by atoms with Gasteiger partial charge >= 0.3 is 0 Å².